The van der Waals surface area contributed by atoms with E-state index in [1.54, 1.807) is 11.8 Å². The summed E-state index contributed by atoms with van der Waals surface area (Å²) in [6, 6.07) is 0. The molecule has 1 aromatic rings. The largest absolute Gasteiger partial charge is 0.469 e. The van der Waals surface area contributed by atoms with Gasteiger partial charge in [-0.25, -0.2) is 9.97 Å². The molecule has 166 valence electrons. The molecule has 1 aromatic heterocycles. The van der Waals surface area contributed by atoms with Crippen LogP contribution in [-0.4, -0.2) is 90.4 Å². The number of piperidine rings is 1. The summed E-state index contributed by atoms with van der Waals surface area (Å²) in [6.45, 7) is 8.03. The van der Waals surface area contributed by atoms with Crippen molar-refractivity contribution in [1.82, 2.24) is 19.8 Å². The molecule has 0 saturated carbocycles. The van der Waals surface area contributed by atoms with E-state index in [1.807, 2.05) is 18.0 Å². The van der Waals surface area contributed by atoms with Crippen LogP contribution in [0.15, 0.2) is 11.4 Å². The monoisotopic (exact) mass is 436 g/mol. The van der Waals surface area contributed by atoms with Crippen LogP contribution in [0, 0.1) is 6.92 Å². The zero-order chi connectivity index (χ0) is 21.3. The van der Waals surface area contributed by atoms with E-state index in [0.717, 1.165) is 74.4 Å². The third kappa shape index (κ3) is 6.65. The first-order chi connectivity index (χ1) is 14.6. The predicted octanol–water partition coefficient (Wildman–Crippen LogP) is 1.87. The normalized spacial score (nSPS) is 20.2. The third-order valence-electron chi connectivity index (χ3n) is 5.66. The maximum absolute atomic E-state index is 12.5. The molecule has 1 unspecified atom stereocenters. The molecule has 0 aromatic carbocycles. The van der Waals surface area contributed by atoms with Crippen LogP contribution < -0.4 is 0 Å². The molecule has 1 amide bonds. The molecular weight excluding hydrogens is 404 g/mol. The summed E-state index contributed by atoms with van der Waals surface area (Å²) in [5, 5.41) is 0.804. The number of likely N-dealkylation sites (tertiary alicyclic amines) is 1. The molecule has 0 N–H and O–H groups in total. The highest BCUT2D eigenvalue weighted by molar-refractivity contribution is 7.99. The van der Waals surface area contributed by atoms with Crippen LogP contribution in [0.5, 0.6) is 0 Å². The summed E-state index contributed by atoms with van der Waals surface area (Å²) in [4.78, 5) is 37.5. The summed E-state index contributed by atoms with van der Waals surface area (Å²) < 4.78 is 10.0. The minimum Gasteiger partial charge on any atom is -0.469 e. The number of amides is 1. The molecule has 30 heavy (non-hydrogen) atoms. The highest BCUT2D eigenvalue weighted by Crippen LogP contribution is 2.29. The van der Waals surface area contributed by atoms with E-state index in [2.05, 4.69) is 14.6 Å². The van der Waals surface area contributed by atoms with E-state index in [0.29, 0.717) is 6.54 Å². The lowest BCUT2D eigenvalue weighted by Crippen LogP contribution is -2.39. The Labute approximate surface area is 182 Å². The first kappa shape index (κ1) is 23.0. The van der Waals surface area contributed by atoms with Gasteiger partial charge in [-0.05, 0) is 25.3 Å². The number of carbonyl (C=O) groups is 2. The molecule has 1 atom stereocenters. The molecule has 9 heteroatoms. The number of aryl methyl sites for hydroxylation is 1. The highest BCUT2D eigenvalue weighted by Gasteiger charge is 2.27. The van der Waals surface area contributed by atoms with Gasteiger partial charge in [0.05, 0.1) is 32.4 Å². The minimum absolute atomic E-state index is 0.0110. The van der Waals surface area contributed by atoms with Gasteiger partial charge in [-0.15, -0.1) is 0 Å². The van der Waals surface area contributed by atoms with Crippen LogP contribution in [0.3, 0.4) is 0 Å². The minimum atomic E-state index is -0.345. The summed E-state index contributed by atoms with van der Waals surface area (Å²) in [6.07, 6.45) is 4.18. The van der Waals surface area contributed by atoms with Gasteiger partial charge in [0.15, 0.2) is 5.16 Å². The maximum atomic E-state index is 12.5. The van der Waals surface area contributed by atoms with E-state index in [1.165, 1.54) is 7.11 Å². The van der Waals surface area contributed by atoms with Gasteiger partial charge >= 0.3 is 5.97 Å². The molecule has 0 radical (unpaired) electrons. The van der Waals surface area contributed by atoms with Gasteiger partial charge in [-0.2, -0.15) is 0 Å². The topological polar surface area (TPSA) is 84.9 Å². The lowest BCUT2D eigenvalue weighted by atomic mass is 9.92. The molecule has 0 bridgehead atoms. The van der Waals surface area contributed by atoms with Gasteiger partial charge in [-0.1, -0.05) is 11.8 Å². The SMILES string of the molecule is COC(=O)CCC(=O)N1CCCC(c2nc(SCCN3CCOCC3)ncc2C)C1. The Balaban J connectivity index is 1.55. The lowest BCUT2D eigenvalue weighted by Gasteiger charge is -2.33. The molecule has 2 saturated heterocycles. The Hall–Kier alpha value is -1.71. The van der Waals surface area contributed by atoms with Crippen LogP contribution in [0.1, 0.15) is 42.9 Å². The Morgan fingerprint density at radius 1 is 1.27 bits per heavy atom. The molecule has 3 rings (SSSR count). The van der Waals surface area contributed by atoms with Crippen molar-refractivity contribution in [2.45, 2.75) is 43.7 Å². The van der Waals surface area contributed by atoms with E-state index in [-0.39, 0.29) is 30.6 Å². The second kappa shape index (κ2) is 11.6. The number of esters is 1. The van der Waals surface area contributed by atoms with Crippen LogP contribution in [0.2, 0.25) is 0 Å². The van der Waals surface area contributed by atoms with Crippen molar-refractivity contribution < 1.29 is 19.1 Å². The van der Waals surface area contributed by atoms with Gasteiger partial charge in [-0.3, -0.25) is 14.5 Å². The number of morpholine rings is 1. The highest BCUT2D eigenvalue weighted by atomic mass is 32.2. The fourth-order valence-electron chi connectivity index (χ4n) is 3.91. The van der Waals surface area contributed by atoms with E-state index in [4.69, 9.17) is 9.72 Å². The maximum Gasteiger partial charge on any atom is 0.306 e. The van der Waals surface area contributed by atoms with Crippen molar-refractivity contribution in [2.24, 2.45) is 0 Å². The van der Waals surface area contributed by atoms with Gasteiger partial charge < -0.3 is 14.4 Å². The average Bonchev–Trinajstić information content (AvgIpc) is 2.79. The number of aromatic nitrogens is 2. The molecule has 2 aliphatic heterocycles. The van der Waals surface area contributed by atoms with Crippen LogP contribution in [0.25, 0.3) is 0 Å². The second-order valence-corrected chi connectivity index (χ2v) is 8.84. The van der Waals surface area contributed by atoms with Crippen molar-refractivity contribution in [3.05, 3.63) is 17.5 Å². The Bertz CT molecular complexity index is 727. The zero-order valence-corrected chi connectivity index (χ0v) is 18.8. The van der Waals surface area contributed by atoms with Gasteiger partial charge in [0, 0.05) is 57.0 Å². The summed E-state index contributed by atoms with van der Waals surface area (Å²) in [7, 11) is 1.35. The van der Waals surface area contributed by atoms with E-state index in [9.17, 15) is 9.59 Å². The first-order valence-corrected chi connectivity index (χ1v) is 11.7. The van der Waals surface area contributed by atoms with E-state index >= 15 is 0 Å². The van der Waals surface area contributed by atoms with Crippen molar-refractivity contribution in [3.63, 3.8) is 0 Å². The van der Waals surface area contributed by atoms with Crippen LogP contribution in [-0.2, 0) is 19.1 Å². The molecule has 0 aliphatic carbocycles. The molecular formula is C21H32N4O4S. The second-order valence-electron chi connectivity index (χ2n) is 7.78. The van der Waals surface area contributed by atoms with Crippen LogP contribution in [0.4, 0.5) is 0 Å². The number of rotatable bonds is 8. The number of carbonyl (C=O) groups excluding carboxylic acids is 2. The van der Waals surface area contributed by atoms with Gasteiger partial charge in [0.2, 0.25) is 5.91 Å². The Morgan fingerprint density at radius 2 is 2.07 bits per heavy atom. The standard InChI is InChI=1S/C21H32N4O4S/c1-16-14-22-21(30-13-10-24-8-11-29-12-9-24)23-20(16)17-4-3-7-25(15-17)18(26)5-6-19(27)28-2/h14,17H,3-13,15H2,1-2H3. The molecule has 2 aliphatic rings. The third-order valence-corrected chi connectivity index (χ3v) is 6.50. The van der Waals surface area contributed by atoms with Crippen molar-refractivity contribution in [3.8, 4) is 0 Å². The smallest absolute Gasteiger partial charge is 0.306 e. The molecule has 0 spiro atoms. The quantitative estimate of drug-likeness (QED) is 0.347. The van der Waals surface area contributed by atoms with Gasteiger partial charge in [0.25, 0.3) is 0 Å². The Kier molecular flexibility index (Phi) is 8.89. The fourth-order valence-corrected chi connectivity index (χ4v) is 4.73. The van der Waals surface area contributed by atoms with E-state index < -0.39 is 0 Å². The molecule has 8 nitrogen and oxygen atoms in total. The average molecular weight is 437 g/mol. The predicted molar refractivity (Wildman–Crippen MR) is 115 cm³/mol. The number of hydrogen-bond acceptors (Lipinski definition) is 8. The summed E-state index contributed by atoms with van der Waals surface area (Å²) >= 11 is 1.69. The number of thioether (sulfide) groups is 1. The van der Waals surface area contributed by atoms with Crippen molar-refractivity contribution in [1.29, 1.82) is 0 Å². The first-order valence-electron chi connectivity index (χ1n) is 10.7. The number of ether oxygens (including phenoxy) is 2. The number of methoxy groups -OCH3 is 1. The van der Waals surface area contributed by atoms with Crippen molar-refractivity contribution >= 4 is 23.6 Å². The zero-order valence-electron chi connectivity index (χ0n) is 18.0. The number of nitrogens with zero attached hydrogens (tertiary/aromatic N) is 4. The van der Waals surface area contributed by atoms with Crippen LogP contribution >= 0.6 is 11.8 Å². The molecule has 3 heterocycles. The summed E-state index contributed by atoms with van der Waals surface area (Å²) in [5.74, 6) is 0.826. The molecule has 2 fully saturated rings. The summed E-state index contributed by atoms with van der Waals surface area (Å²) in [5.41, 5.74) is 2.12. The lowest BCUT2D eigenvalue weighted by molar-refractivity contribution is -0.143. The van der Waals surface area contributed by atoms with Gasteiger partial charge in [0.1, 0.15) is 0 Å². The fraction of sp³-hybridized carbons (Fsp3) is 0.714. The Morgan fingerprint density at radius 3 is 2.83 bits per heavy atom. The van der Waals surface area contributed by atoms with Crippen molar-refractivity contribution in [2.75, 3.05) is 58.8 Å². The number of hydrogen-bond donors (Lipinski definition) is 0.